The highest BCUT2D eigenvalue weighted by molar-refractivity contribution is 5.82. The first-order valence-corrected chi connectivity index (χ1v) is 5.74. The average molecular weight is 283 g/mol. The molecule has 0 heterocycles. The summed E-state index contributed by atoms with van der Waals surface area (Å²) < 4.78 is 39.9. The highest BCUT2D eigenvalue weighted by atomic mass is 19.4. The Balaban J connectivity index is 2.36. The van der Waals surface area contributed by atoms with Gasteiger partial charge in [-0.25, -0.2) is 0 Å². The van der Waals surface area contributed by atoms with Gasteiger partial charge in [0.1, 0.15) is 19.0 Å². The molecule has 9 heteroatoms. The second-order valence-electron chi connectivity index (χ2n) is 4.27. The largest absolute Gasteiger partial charge is 0.411 e. The van der Waals surface area contributed by atoms with Crippen molar-refractivity contribution in [2.24, 2.45) is 10.9 Å². The predicted octanol–water partition coefficient (Wildman–Crippen LogP) is 0.693. The van der Waals surface area contributed by atoms with Crippen LogP contribution < -0.4 is 5.73 Å². The van der Waals surface area contributed by atoms with E-state index in [9.17, 15) is 18.0 Å². The Morgan fingerprint density at radius 3 is 2.58 bits per heavy atom. The maximum absolute atomic E-state index is 11.9. The number of nitrogens with two attached hydrogens (primary N) is 1. The van der Waals surface area contributed by atoms with E-state index >= 15 is 0 Å². The van der Waals surface area contributed by atoms with Crippen LogP contribution in [-0.2, 0) is 9.53 Å². The SMILES string of the molecule is NC(CCN(C(=O)COCC(F)(F)F)C1CC1)=NO. The number of carbonyl (C=O) groups excluding carboxylic acids is 1. The summed E-state index contributed by atoms with van der Waals surface area (Å²) in [7, 11) is 0. The Bertz CT molecular complexity index is 343. The van der Waals surface area contributed by atoms with Crippen molar-refractivity contribution < 1.29 is 27.9 Å². The van der Waals surface area contributed by atoms with Gasteiger partial charge in [0, 0.05) is 19.0 Å². The van der Waals surface area contributed by atoms with E-state index in [1.807, 2.05) is 0 Å². The molecule has 3 N–H and O–H groups in total. The summed E-state index contributed by atoms with van der Waals surface area (Å²) in [5.41, 5.74) is 5.28. The zero-order chi connectivity index (χ0) is 14.5. The Labute approximate surface area is 108 Å². The van der Waals surface area contributed by atoms with Gasteiger partial charge in [-0.3, -0.25) is 4.79 Å². The topological polar surface area (TPSA) is 88.2 Å². The van der Waals surface area contributed by atoms with Gasteiger partial charge in [0.2, 0.25) is 5.91 Å². The van der Waals surface area contributed by atoms with Crippen LogP contribution in [0, 0.1) is 0 Å². The van der Waals surface area contributed by atoms with Gasteiger partial charge in [0.15, 0.2) is 0 Å². The molecule has 0 saturated heterocycles. The standard InChI is InChI=1S/C10H16F3N3O3/c11-10(12,13)6-19-5-9(17)16(7-1-2-7)4-3-8(14)15-18/h7,18H,1-6H2,(H2,14,15). The molecule has 1 amide bonds. The fourth-order valence-electron chi connectivity index (χ4n) is 1.52. The highest BCUT2D eigenvalue weighted by Crippen LogP contribution is 2.27. The number of hydrogen-bond acceptors (Lipinski definition) is 4. The molecule has 0 atom stereocenters. The molecule has 0 spiro atoms. The number of nitrogens with zero attached hydrogens (tertiary/aromatic N) is 2. The summed E-state index contributed by atoms with van der Waals surface area (Å²) in [6.07, 6.45) is -2.67. The molecule has 110 valence electrons. The molecule has 1 aliphatic carbocycles. The first-order valence-electron chi connectivity index (χ1n) is 5.74. The third-order valence-electron chi connectivity index (χ3n) is 2.54. The molecule has 1 fully saturated rings. The van der Waals surface area contributed by atoms with Crippen molar-refractivity contribution in [3.8, 4) is 0 Å². The molecule has 0 bridgehead atoms. The molecule has 1 rings (SSSR count). The lowest BCUT2D eigenvalue weighted by Crippen LogP contribution is -2.38. The van der Waals surface area contributed by atoms with E-state index in [4.69, 9.17) is 10.9 Å². The fourth-order valence-corrected chi connectivity index (χ4v) is 1.52. The van der Waals surface area contributed by atoms with Crippen molar-refractivity contribution in [2.75, 3.05) is 19.8 Å². The minimum absolute atomic E-state index is 0.0217. The van der Waals surface area contributed by atoms with Crippen LogP contribution >= 0.6 is 0 Å². The average Bonchev–Trinajstić information content (AvgIpc) is 3.11. The molecule has 1 aliphatic rings. The van der Waals surface area contributed by atoms with Crippen LogP contribution in [0.25, 0.3) is 0 Å². The van der Waals surface area contributed by atoms with Crippen LogP contribution in [0.2, 0.25) is 0 Å². The van der Waals surface area contributed by atoms with Gasteiger partial charge >= 0.3 is 6.18 Å². The smallest absolute Gasteiger partial charge is 0.409 e. The summed E-state index contributed by atoms with van der Waals surface area (Å²) in [5, 5.41) is 11.2. The molecular weight excluding hydrogens is 267 g/mol. The zero-order valence-corrected chi connectivity index (χ0v) is 10.2. The van der Waals surface area contributed by atoms with Gasteiger partial charge in [-0.1, -0.05) is 5.16 Å². The first kappa shape index (κ1) is 15.5. The van der Waals surface area contributed by atoms with Gasteiger partial charge in [0.25, 0.3) is 0 Å². The van der Waals surface area contributed by atoms with Gasteiger partial charge in [-0.2, -0.15) is 13.2 Å². The van der Waals surface area contributed by atoms with Crippen LogP contribution in [-0.4, -0.2) is 53.8 Å². The number of rotatable bonds is 7. The van der Waals surface area contributed by atoms with Crippen molar-refractivity contribution in [3.63, 3.8) is 0 Å². The minimum atomic E-state index is -4.45. The molecule has 0 unspecified atom stereocenters. The van der Waals surface area contributed by atoms with E-state index in [0.717, 1.165) is 12.8 Å². The third-order valence-corrected chi connectivity index (χ3v) is 2.54. The fraction of sp³-hybridized carbons (Fsp3) is 0.800. The number of oxime groups is 1. The van der Waals surface area contributed by atoms with Crippen LogP contribution in [0.3, 0.4) is 0 Å². The van der Waals surface area contributed by atoms with Crippen molar-refractivity contribution >= 4 is 11.7 Å². The summed E-state index contributed by atoms with van der Waals surface area (Å²) in [5.74, 6) is -0.549. The summed E-state index contributed by atoms with van der Waals surface area (Å²) >= 11 is 0. The predicted molar refractivity (Wildman–Crippen MR) is 59.6 cm³/mol. The van der Waals surface area contributed by atoms with Crippen molar-refractivity contribution in [2.45, 2.75) is 31.5 Å². The Morgan fingerprint density at radius 2 is 2.11 bits per heavy atom. The lowest BCUT2D eigenvalue weighted by atomic mass is 10.3. The number of amidine groups is 1. The molecule has 0 aliphatic heterocycles. The molecule has 0 radical (unpaired) electrons. The van der Waals surface area contributed by atoms with Gasteiger partial charge < -0.3 is 20.6 Å². The van der Waals surface area contributed by atoms with E-state index in [0.29, 0.717) is 0 Å². The second kappa shape index (κ2) is 6.60. The van der Waals surface area contributed by atoms with Gasteiger partial charge in [-0.15, -0.1) is 0 Å². The molecule has 19 heavy (non-hydrogen) atoms. The normalized spacial score (nSPS) is 16.5. The Kier molecular flexibility index (Phi) is 5.40. The van der Waals surface area contributed by atoms with Crippen LogP contribution in [0.15, 0.2) is 5.16 Å². The van der Waals surface area contributed by atoms with E-state index in [2.05, 4.69) is 9.89 Å². The number of amides is 1. The first-order chi connectivity index (χ1) is 8.83. The van der Waals surface area contributed by atoms with Crippen LogP contribution in [0.5, 0.6) is 0 Å². The molecule has 6 nitrogen and oxygen atoms in total. The minimum Gasteiger partial charge on any atom is -0.409 e. The molecule has 0 aromatic rings. The second-order valence-corrected chi connectivity index (χ2v) is 4.27. The van der Waals surface area contributed by atoms with E-state index < -0.39 is 25.3 Å². The monoisotopic (exact) mass is 283 g/mol. The zero-order valence-electron chi connectivity index (χ0n) is 10.2. The van der Waals surface area contributed by atoms with Crippen molar-refractivity contribution in [1.29, 1.82) is 0 Å². The summed E-state index contributed by atoms with van der Waals surface area (Å²) in [6.45, 7) is -1.86. The molecule has 1 saturated carbocycles. The lowest BCUT2D eigenvalue weighted by Gasteiger charge is -2.22. The van der Waals surface area contributed by atoms with Crippen molar-refractivity contribution in [3.05, 3.63) is 0 Å². The van der Waals surface area contributed by atoms with Gasteiger partial charge in [0.05, 0.1) is 0 Å². The maximum Gasteiger partial charge on any atom is 0.411 e. The lowest BCUT2D eigenvalue weighted by molar-refractivity contribution is -0.177. The maximum atomic E-state index is 11.9. The van der Waals surface area contributed by atoms with E-state index in [-0.39, 0.29) is 24.8 Å². The molecular formula is C10H16F3N3O3. The van der Waals surface area contributed by atoms with Gasteiger partial charge in [-0.05, 0) is 12.8 Å². The number of halogens is 3. The van der Waals surface area contributed by atoms with Crippen LogP contribution in [0.4, 0.5) is 13.2 Å². The quantitative estimate of drug-likeness (QED) is 0.311. The summed E-state index contributed by atoms with van der Waals surface area (Å²) in [4.78, 5) is 13.1. The Morgan fingerprint density at radius 1 is 1.47 bits per heavy atom. The molecule has 0 aromatic heterocycles. The number of hydrogen-bond donors (Lipinski definition) is 2. The summed E-state index contributed by atoms with van der Waals surface area (Å²) in [6, 6.07) is 0.0217. The number of ether oxygens (including phenoxy) is 1. The van der Waals surface area contributed by atoms with E-state index in [1.165, 1.54) is 4.90 Å². The number of alkyl halides is 3. The molecule has 0 aromatic carbocycles. The van der Waals surface area contributed by atoms with E-state index in [1.54, 1.807) is 0 Å². The number of carbonyl (C=O) groups is 1. The highest BCUT2D eigenvalue weighted by Gasteiger charge is 2.33. The van der Waals surface area contributed by atoms with Crippen molar-refractivity contribution in [1.82, 2.24) is 4.90 Å². The van der Waals surface area contributed by atoms with Crippen LogP contribution in [0.1, 0.15) is 19.3 Å². The Hall–Kier alpha value is -1.51. The third kappa shape index (κ3) is 6.27.